The predicted molar refractivity (Wildman–Crippen MR) is 112 cm³/mol. The normalized spacial score (nSPS) is 10.9. The smallest absolute Gasteiger partial charge is 0.226 e. The van der Waals surface area contributed by atoms with E-state index in [1.54, 1.807) is 41.2 Å². The number of aryl methyl sites for hydroxylation is 2. The van der Waals surface area contributed by atoms with Crippen LogP contribution in [0.25, 0.3) is 17.0 Å². The second kappa shape index (κ2) is 8.51. The number of carbonyl (C=O) groups is 1. The van der Waals surface area contributed by atoms with Crippen LogP contribution in [0.1, 0.15) is 18.0 Å². The number of anilines is 1. The second-order valence-electron chi connectivity index (χ2n) is 6.74. The van der Waals surface area contributed by atoms with Gasteiger partial charge in [-0.2, -0.15) is 5.10 Å². The average molecular weight is 425 g/mol. The van der Waals surface area contributed by atoms with Gasteiger partial charge in [0.15, 0.2) is 11.7 Å². The number of carbonyl (C=O) groups excluding carboxylic acids is 1. The topological polar surface area (TPSA) is 73.0 Å². The molecule has 0 aliphatic heterocycles. The fourth-order valence-electron chi connectivity index (χ4n) is 2.99. The van der Waals surface area contributed by atoms with Crippen LogP contribution in [-0.4, -0.2) is 20.7 Å². The maximum absolute atomic E-state index is 13.1. The Morgan fingerprint density at radius 2 is 2.00 bits per heavy atom. The Labute approximate surface area is 177 Å². The summed E-state index contributed by atoms with van der Waals surface area (Å²) in [4.78, 5) is 16.7. The van der Waals surface area contributed by atoms with Gasteiger partial charge in [-0.15, -0.1) is 0 Å². The van der Waals surface area contributed by atoms with Crippen LogP contribution in [0, 0.1) is 12.7 Å². The van der Waals surface area contributed by atoms with Gasteiger partial charge in [0.05, 0.1) is 17.6 Å². The maximum atomic E-state index is 13.1. The Bertz CT molecular complexity index is 1180. The highest BCUT2D eigenvalue weighted by Crippen LogP contribution is 2.22. The monoisotopic (exact) mass is 424 g/mol. The summed E-state index contributed by atoms with van der Waals surface area (Å²) in [6.45, 7) is 1.85. The molecule has 0 aliphatic carbocycles. The molecule has 0 fully saturated rings. The number of hydrogen-bond donors (Lipinski definition) is 1. The van der Waals surface area contributed by atoms with Gasteiger partial charge >= 0.3 is 0 Å². The molecular formula is C22H18ClFN4O2. The Kier molecular flexibility index (Phi) is 5.63. The van der Waals surface area contributed by atoms with Crippen LogP contribution in [0.3, 0.4) is 0 Å². The average Bonchev–Trinajstić information content (AvgIpc) is 3.33. The van der Waals surface area contributed by atoms with Crippen molar-refractivity contribution < 1.29 is 13.6 Å². The van der Waals surface area contributed by atoms with Crippen LogP contribution < -0.4 is 5.32 Å². The number of hydrogen-bond acceptors (Lipinski definition) is 4. The molecule has 4 rings (SSSR count). The molecule has 2 heterocycles. The zero-order valence-corrected chi connectivity index (χ0v) is 16.9. The van der Waals surface area contributed by atoms with E-state index < -0.39 is 0 Å². The third-order valence-electron chi connectivity index (χ3n) is 4.40. The van der Waals surface area contributed by atoms with Gasteiger partial charge in [-0.05, 0) is 49.4 Å². The van der Waals surface area contributed by atoms with Gasteiger partial charge in [-0.1, -0.05) is 17.7 Å². The first kappa shape index (κ1) is 19.8. The molecule has 0 aliphatic rings. The van der Waals surface area contributed by atoms with E-state index >= 15 is 0 Å². The fraction of sp³-hybridized carbons (Fsp3) is 0.136. The summed E-state index contributed by atoms with van der Waals surface area (Å²) in [6, 6.07) is 15.0. The summed E-state index contributed by atoms with van der Waals surface area (Å²) in [5, 5.41) is 7.88. The predicted octanol–water partition coefficient (Wildman–Crippen LogP) is 5.20. The summed E-state index contributed by atoms with van der Waals surface area (Å²) in [5.41, 5.74) is 2.24. The largest absolute Gasteiger partial charge is 0.441 e. The van der Waals surface area contributed by atoms with Gasteiger partial charge in [0.25, 0.3) is 0 Å². The van der Waals surface area contributed by atoms with E-state index in [0.717, 1.165) is 16.9 Å². The molecule has 0 atom stereocenters. The van der Waals surface area contributed by atoms with E-state index in [1.165, 1.54) is 12.1 Å². The Balaban J connectivity index is 1.41. The Hall–Kier alpha value is -3.45. The number of rotatable bonds is 6. The van der Waals surface area contributed by atoms with Crippen molar-refractivity contribution in [1.82, 2.24) is 14.8 Å². The van der Waals surface area contributed by atoms with E-state index in [1.807, 2.05) is 19.1 Å². The van der Waals surface area contributed by atoms with Crippen molar-refractivity contribution in [2.45, 2.75) is 19.8 Å². The molecule has 1 amide bonds. The number of halogens is 2. The third kappa shape index (κ3) is 4.58. The van der Waals surface area contributed by atoms with E-state index in [2.05, 4.69) is 15.4 Å². The molecule has 152 valence electrons. The number of nitrogens with zero attached hydrogens (tertiary/aromatic N) is 3. The molecule has 2 aromatic carbocycles. The highest BCUT2D eigenvalue weighted by atomic mass is 35.5. The highest BCUT2D eigenvalue weighted by Gasteiger charge is 2.13. The third-order valence-corrected chi connectivity index (χ3v) is 4.64. The number of nitrogens with one attached hydrogen (secondary N) is 1. The van der Waals surface area contributed by atoms with Gasteiger partial charge in [-0.3, -0.25) is 4.79 Å². The van der Waals surface area contributed by atoms with Crippen molar-refractivity contribution in [2.75, 3.05) is 5.32 Å². The molecule has 0 bridgehead atoms. The quantitative estimate of drug-likeness (QED) is 0.461. The summed E-state index contributed by atoms with van der Waals surface area (Å²) in [6.07, 6.45) is 2.08. The first-order chi connectivity index (χ1) is 14.5. The Morgan fingerprint density at radius 1 is 1.20 bits per heavy atom. The van der Waals surface area contributed by atoms with Crippen LogP contribution >= 0.6 is 11.6 Å². The lowest BCUT2D eigenvalue weighted by Crippen LogP contribution is -2.15. The van der Waals surface area contributed by atoms with Gasteiger partial charge in [0, 0.05) is 29.5 Å². The van der Waals surface area contributed by atoms with Gasteiger partial charge in [0.1, 0.15) is 11.6 Å². The van der Waals surface area contributed by atoms with Gasteiger partial charge < -0.3 is 9.73 Å². The minimum Gasteiger partial charge on any atom is -0.441 e. The van der Waals surface area contributed by atoms with Crippen LogP contribution in [-0.2, 0) is 11.2 Å². The zero-order valence-electron chi connectivity index (χ0n) is 16.1. The first-order valence-corrected chi connectivity index (χ1v) is 9.69. The summed E-state index contributed by atoms with van der Waals surface area (Å²) >= 11 is 6.07. The first-order valence-electron chi connectivity index (χ1n) is 9.31. The molecule has 4 aromatic rings. The zero-order chi connectivity index (χ0) is 21.1. The summed E-state index contributed by atoms with van der Waals surface area (Å²) in [7, 11) is 0. The van der Waals surface area contributed by atoms with E-state index in [-0.39, 0.29) is 18.1 Å². The standard InChI is InChI=1S/C22H18ClFN4O2/c1-14-11-20(28(27-14)18-4-2-3-16(23)12-18)26-21(29)9-10-22-25-13-19(30-22)15-5-7-17(24)8-6-15/h2-8,11-13H,9-10H2,1H3,(H,26,29). The van der Waals surface area contributed by atoms with E-state index in [0.29, 0.717) is 28.9 Å². The molecule has 6 nitrogen and oxygen atoms in total. The van der Waals surface area contributed by atoms with Crippen molar-refractivity contribution in [2.24, 2.45) is 0 Å². The van der Waals surface area contributed by atoms with E-state index in [9.17, 15) is 9.18 Å². The molecule has 0 saturated heterocycles. The molecule has 30 heavy (non-hydrogen) atoms. The lowest BCUT2D eigenvalue weighted by molar-refractivity contribution is -0.116. The number of benzene rings is 2. The molecule has 1 N–H and O–H groups in total. The van der Waals surface area contributed by atoms with Crippen LogP contribution in [0.5, 0.6) is 0 Å². The number of aromatic nitrogens is 3. The molecule has 0 unspecified atom stereocenters. The SMILES string of the molecule is Cc1cc(NC(=O)CCc2ncc(-c3ccc(F)cc3)o2)n(-c2cccc(Cl)c2)n1. The van der Waals surface area contributed by atoms with Crippen LogP contribution in [0.15, 0.2) is 65.2 Å². The van der Waals surface area contributed by atoms with Gasteiger partial charge in [0.2, 0.25) is 5.91 Å². The number of oxazole rings is 1. The Morgan fingerprint density at radius 3 is 2.77 bits per heavy atom. The molecule has 2 aromatic heterocycles. The lowest BCUT2D eigenvalue weighted by atomic mass is 10.2. The summed E-state index contributed by atoms with van der Waals surface area (Å²) in [5.74, 6) is 1.00. The minimum atomic E-state index is -0.317. The summed E-state index contributed by atoms with van der Waals surface area (Å²) < 4.78 is 20.4. The lowest BCUT2D eigenvalue weighted by Gasteiger charge is -2.09. The highest BCUT2D eigenvalue weighted by molar-refractivity contribution is 6.30. The molecule has 0 saturated carbocycles. The van der Waals surface area contributed by atoms with Crippen molar-refractivity contribution in [3.05, 3.63) is 83.2 Å². The van der Waals surface area contributed by atoms with E-state index in [4.69, 9.17) is 16.0 Å². The minimum absolute atomic E-state index is 0.184. The van der Waals surface area contributed by atoms with Crippen molar-refractivity contribution in [3.8, 4) is 17.0 Å². The van der Waals surface area contributed by atoms with Crippen LogP contribution in [0.2, 0.25) is 5.02 Å². The van der Waals surface area contributed by atoms with Crippen LogP contribution in [0.4, 0.5) is 10.2 Å². The number of amides is 1. The maximum Gasteiger partial charge on any atom is 0.226 e. The van der Waals surface area contributed by atoms with Crippen molar-refractivity contribution in [1.29, 1.82) is 0 Å². The molecular weight excluding hydrogens is 407 g/mol. The van der Waals surface area contributed by atoms with Crippen molar-refractivity contribution >= 4 is 23.3 Å². The van der Waals surface area contributed by atoms with Crippen molar-refractivity contribution in [3.63, 3.8) is 0 Å². The molecule has 8 heteroatoms. The fourth-order valence-corrected chi connectivity index (χ4v) is 3.18. The van der Waals surface area contributed by atoms with Gasteiger partial charge in [-0.25, -0.2) is 14.1 Å². The molecule has 0 radical (unpaired) electrons. The molecule has 0 spiro atoms. The second-order valence-corrected chi connectivity index (χ2v) is 7.17.